The molecule has 1 unspecified atom stereocenters. The standard InChI is InChI=1S/C9H21N3O/c1-5-12(6-9(3,4)13)7(2)8(10)11/h7,13H,5-6H2,1-4H3,(H3,10,11). The van der Waals surface area contributed by atoms with Crippen LogP contribution in [0.1, 0.15) is 27.7 Å². The molecule has 0 saturated heterocycles. The van der Waals surface area contributed by atoms with Gasteiger partial charge < -0.3 is 10.8 Å². The summed E-state index contributed by atoms with van der Waals surface area (Å²) in [7, 11) is 0. The van der Waals surface area contributed by atoms with Crippen LogP contribution in [0.3, 0.4) is 0 Å². The Balaban J connectivity index is 4.26. The van der Waals surface area contributed by atoms with Crippen LogP contribution in [0.4, 0.5) is 0 Å². The van der Waals surface area contributed by atoms with Crippen molar-refractivity contribution in [3.63, 3.8) is 0 Å². The quantitative estimate of drug-likeness (QED) is 0.431. The zero-order valence-corrected chi connectivity index (χ0v) is 8.96. The minimum Gasteiger partial charge on any atom is -0.389 e. The van der Waals surface area contributed by atoms with Gasteiger partial charge in [-0.15, -0.1) is 0 Å². The highest BCUT2D eigenvalue weighted by Crippen LogP contribution is 2.07. The Morgan fingerprint density at radius 1 is 1.62 bits per heavy atom. The molecule has 0 spiro atoms. The minimum atomic E-state index is -0.736. The van der Waals surface area contributed by atoms with Crippen molar-refractivity contribution in [2.45, 2.75) is 39.3 Å². The van der Waals surface area contributed by atoms with Crippen molar-refractivity contribution < 1.29 is 5.11 Å². The fraction of sp³-hybridized carbons (Fsp3) is 0.889. The van der Waals surface area contributed by atoms with Crippen molar-refractivity contribution in [2.24, 2.45) is 5.73 Å². The summed E-state index contributed by atoms with van der Waals surface area (Å²) >= 11 is 0. The SMILES string of the molecule is CCN(CC(C)(C)O)C(C)C(=N)N. The molecular formula is C9H21N3O. The highest BCUT2D eigenvalue weighted by Gasteiger charge is 2.22. The van der Waals surface area contributed by atoms with Gasteiger partial charge in [0.15, 0.2) is 0 Å². The lowest BCUT2D eigenvalue weighted by atomic mass is 10.1. The van der Waals surface area contributed by atoms with Gasteiger partial charge in [0, 0.05) is 6.54 Å². The van der Waals surface area contributed by atoms with Gasteiger partial charge in [-0.2, -0.15) is 0 Å². The second-order valence-corrected chi connectivity index (χ2v) is 4.01. The van der Waals surface area contributed by atoms with Crippen LogP contribution in [0.25, 0.3) is 0 Å². The van der Waals surface area contributed by atoms with Crippen molar-refractivity contribution >= 4 is 5.84 Å². The Bertz CT molecular complexity index is 174. The van der Waals surface area contributed by atoms with E-state index in [1.165, 1.54) is 0 Å². The van der Waals surface area contributed by atoms with Gasteiger partial charge in [-0.1, -0.05) is 6.92 Å². The molecule has 4 nitrogen and oxygen atoms in total. The molecular weight excluding hydrogens is 166 g/mol. The highest BCUT2D eigenvalue weighted by atomic mass is 16.3. The lowest BCUT2D eigenvalue weighted by Crippen LogP contribution is -2.48. The van der Waals surface area contributed by atoms with Crippen LogP contribution in [0, 0.1) is 5.41 Å². The second kappa shape index (κ2) is 4.58. The second-order valence-electron chi connectivity index (χ2n) is 4.01. The Labute approximate surface area is 80.2 Å². The number of aliphatic hydroxyl groups is 1. The summed E-state index contributed by atoms with van der Waals surface area (Å²) in [6.07, 6.45) is 0. The summed E-state index contributed by atoms with van der Waals surface area (Å²) < 4.78 is 0. The maximum Gasteiger partial charge on any atom is 0.108 e. The van der Waals surface area contributed by atoms with Crippen molar-refractivity contribution in [2.75, 3.05) is 13.1 Å². The number of hydrogen-bond donors (Lipinski definition) is 3. The molecule has 0 aromatic carbocycles. The van der Waals surface area contributed by atoms with E-state index >= 15 is 0 Å². The third kappa shape index (κ3) is 4.85. The van der Waals surface area contributed by atoms with Gasteiger partial charge in [-0.3, -0.25) is 10.3 Å². The van der Waals surface area contributed by atoms with Gasteiger partial charge in [0.05, 0.1) is 11.6 Å². The Hall–Kier alpha value is -0.610. The smallest absolute Gasteiger partial charge is 0.108 e. The lowest BCUT2D eigenvalue weighted by Gasteiger charge is -2.32. The van der Waals surface area contributed by atoms with Crippen molar-refractivity contribution in [1.29, 1.82) is 5.41 Å². The van der Waals surface area contributed by atoms with Crippen LogP contribution in [-0.2, 0) is 0 Å². The van der Waals surface area contributed by atoms with E-state index in [0.717, 1.165) is 6.54 Å². The van der Waals surface area contributed by atoms with Gasteiger partial charge in [0.2, 0.25) is 0 Å². The van der Waals surface area contributed by atoms with Gasteiger partial charge in [0.25, 0.3) is 0 Å². The first-order valence-electron chi connectivity index (χ1n) is 4.58. The van der Waals surface area contributed by atoms with Crippen molar-refractivity contribution in [3.8, 4) is 0 Å². The van der Waals surface area contributed by atoms with E-state index < -0.39 is 5.60 Å². The monoisotopic (exact) mass is 187 g/mol. The first-order valence-corrected chi connectivity index (χ1v) is 4.58. The molecule has 0 heterocycles. The van der Waals surface area contributed by atoms with Crippen LogP contribution in [0.15, 0.2) is 0 Å². The largest absolute Gasteiger partial charge is 0.389 e. The molecule has 0 radical (unpaired) electrons. The average Bonchev–Trinajstić information content (AvgIpc) is 1.97. The fourth-order valence-corrected chi connectivity index (χ4v) is 1.22. The normalized spacial score (nSPS) is 14.6. The van der Waals surface area contributed by atoms with Gasteiger partial charge >= 0.3 is 0 Å². The third-order valence-corrected chi connectivity index (χ3v) is 1.99. The molecule has 0 amide bonds. The summed E-state index contributed by atoms with van der Waals surface area (Å²) in [6, 6.07) is -0.101. The maximum absolute atomic E-state index is 9.60. The van der Waals surface area contributed by atoms with E-state index in [2.05, 4.69) is 0 Å². The molecule has 0 rings (SSSR count). The number of hydrogen-bond acceptors (Lipinski definition) is 3. The van der Waals surface area contributed by atoms with Crippen LogP contribution in [-0.4, -0.2) is 40.6 Å². The Morgan fingerprint density at radius 2 is 2.08 bits per heavy atom. The third-order valence-electron chi connectivity index (χ3n) is 1.99. The number of nitrogens with one attached hydrogen (secondary N) is 1. The molecule has 0 saturated carbocycles. The molecule has 0 bridgehead atoms. The molecule has 0 fully saturated rings. The highest BCUT2D eigenvalue weighted by molar-refractivity contribution is 5.82. The molecule has 0 aromatic rings. The number of nitrogens with two attached hydrogens (primary N) is 1. The minimum absolute atomic E-state index is 0.101. The molecule has 0 aliphatic carbocycles. The topological polar surface area (TPSA) is 73.3 Å². The van der Waals surface area contributed by atoms with Gasteiger partial charge in [-0.05, 0) is 27.3 Å². The summed E-state index contributed by atoms with van der Waals surface area (Å²) in [5.41, 5.74) is 4.65. The van der Waals surface area contributed by atoms with Crippen LogP contribution >= 0.6 is 0 Å². The van der Waals surface area contributed by atoms with Gasteiger partial charge in [0.1, 0.15) is 5.84 Å². The molecule has 78 valence electrons. The predicted molar refractivity (Wildman–Crippen MR) is 54.9 cm³/mol. The van der Waals surface area contributed by atoms with E-state index in [1.54, 1.807) is 13.8 Å². The molecule has 4 heteroatoms. The number of likely N-dealkylation sites (N-methyl/N-ethyl adjacent to an activating group) is 1. The molecule has 0 aliphatic heterocycles. The van der Waals surface area contributed by atoms with E-state index in [9.17, 15) is 5.11 Å². The van der Waals surface area contributed by atoms with E-state index in [4.69, 9.17) is 11.1 Å². The number of amidine groups is 1. The Morgan fingerprint density at radius 3 is 2.31 bits per heavy atom. The van der Waals surface area contributed by atoms with Crippen LogP contribution in [0.5, 0.6) is 0 Å². The van der Waals surface area contributed by atoms with Gasteiger partial charge in [-0.25, -0.2) is 0 Å². The van der Waals surface area contributed by atoms with Crippen molar-refractivity contribution in [1.82, 2.24) is 4.90 Å². The predicted octanol–water partition coefficient (Wildman–Crippen LogP) is 0.404. The fourth-order valence-electron chi connectivity index (χ4n) is 1.22. The van der Waals surface area contributed by atoms with Crippen LogP contribution in [0.2, 0.25) is 0 Å². The summed E-state index contributed by atoms with van der Waals surface area (Å²) in [4.78, 5) is 1.97. The average molecular weight is 187 g/mol. The maximum atomic E-state index is 9.60. The number of nitrogens with zero attached hydrogens (tertiary/aromatic N) is 1. The van der Waals surface area contributed by atoms with Crippen LogP contribution < -0.4 is 5.73 Å². The van der Waals surface area contributed by atoms with Crippen molar-refractivity contribution in [3.05, 3.63) is 0 Å². The van der Waals surface area contributed by atoms with E-state index in [0.29, 0.717) is 6.54 Å². The molecule has 13 heavy (non-hydrogen) atoms. The summed E-state index contributed by atoms with van der Waals surface area (Å²) in [5.74, 6) is 0.145. The zero-order valence-electron chi connectivity index (χ0n) is 8.96. The summed E-state index contributed by atoms with van der Waals surface area (Å²) in [5, 5.41) is 16.9. The molecule has 4 N–H and O–H groups in total. The first-order chi connectivity index (χ1) is 5.78. The van der Waals surface area contributed by atoms with E-state index in [1.807, 2.05) is 18.7 Å². The molecule has 0 aliphatic rings. The molecule has 1 atom stereocenters. The van der Waals surface area contributed by atoms with E-state index in [-0.39, 0.29) is 11.9 Å². The zero-order chi connectivity index (χ0) is 10.6. The Kier molecular flexibility index (Phi) is 4.36. The lowest BCUT2D eigenvalue weighted by molar-refractivity contribution is 0.0334. The first kappa shape index (κ1) is 12.4. The number of rotatable bonds is 5. The molecule has 0 aromatic heterocycles. The summed E-state index contributed by atoms with van der Waals surface area (Å²) in [6.45, 7) is 8.68.